The Morgan fingerprint density at radius 2 is 1.88 bits per heavy atom. The molecule has 216 valence electrons. The molecule has 0 aliphatic heterocycles. The number of rotatable bonds is 13. The van der Waals surface area contributed by atoms with E-state index in [0.717, 1.165) is 25.7 Å². The molecule has 3 aromatic rings. The monoisotopic (exact) mass is 589 g/mol. The first-order chi connectivity index (χ1) is 19.0. The first-order valence-corrected chi connectivity index (χ1v) is 15.6. The lowest BCUT2D eigenvalue weighted by Crippen LogP contribution is -2.38. The fourth-order valence-corrected chi connectivity index (χ4v) is 6.14. The van der Waals surface area contributed by atoms with Gasteiger partial charge in [0.05, 0.1) is 10.6 Å². The van der Waals surface area contributed by atoms with Crippen molar-refractivity contribution in [3.8, 4) is 5.88 Å². The zero-order valence-corrected chi connectivity index (χ0v) is 24.5. The summed E-state index contributed by atoms with van der Waals surface area (Å²) in [6.07, 6.45) is 4.15. The number of aromatic nitrogens is 2. The number of hydrogen-bond acceptors (Lipinski definition) is 11. The Hall–Kier alpha value is -3.13. The van der Waals surface area contributed by atoms with Crippen LogP contribution in [-0.2, 0) is 24.2 Å². The predicted octanol–water partition coefficient (Wildman–Crippen LogP) is 3.92. The molecule has 1 aliphatic rings. The molecule has 0 atom stereocenters. The van der Waals surface area contributed by atoms with Gasteiger partial charge in [-0.2, -0.15) is 0 Å². The van der Waals surface area contributed by atoms with E-state index in [1.807, 2.05) is 13.8 Å². The maximum atomic E-state index is 13.4. The van der Waals surface area contributed by atoms with Crippen LogP contribution in [0.1, 0.15) is 51.5 Å². The number of pyridine rings is 1. The predicted molar refractivity (Wildman–Crippen MR) is 155 cm³/mol. The molecule has 4 rings (SSSR count). The third-order valence-electron chi connectivity index (χ3n) is 6.10. The minimum atomic E-state index is -3.48. The molecule has 3 N–H and O–H groups in total. The zero-order valence-electron chi connectivity index (χ0n) is 22.9. The second-order valence-electron chi connectivity index (χ2n) is 10.4. The quantitative estimate of drug-likeness (QED) is 0.171. The van der Waals surface area contributed by atoms with E-state index in [0.29, 0.717) is 46.6 Å². The Morgan fingerprint density at radius 3 is 2.55 bits per heavy atom. The van der Waals surface area contributed by atoms with Crippen LogP contribution in [0.3, 0.4) is 0 Å². The van der Waals surface area contributed by atoms with Crippen molar-refractivity contribution in [1.29, 1.82) is 0 Å². The summed E-state index contributed by atoms with van der Waals surface area (Å²) >= 11 is 1.19. The summed E-state index contributed by atoms with van der Waals surface area (Å²) in [5.74, 6) is -0.152. The van der Waals surface area contributed by atoms with E-state index in [1.54, 1.807) is 24.3 Å². The number of oxime groups is 1. The van der Waals surface area contributed by atoms with Crippen molar-refractivity contribution >= 4 is 48.3 Å². The van der Waals surface area contributed by atoms with Crippen molar-refractivity contribution in [3.05, 3.63) is 42.0 Å². The third-order valence-corrected chi connectivity index (χ3v) is 8.80. The molecule has 1 aromatic carbocycles. The molecule has 1 amide bonds. The summed E-state index contributed by atoms with van der Waals surface area (Å²) in [5, 5.41) is 7.32. The van der Waals surface area contributed by atoms with E-state index in [1.165, 1.54) is 30.6 Å². The Morgan fingerprint density at radius 1 is 1.15 bits per heavy atom. The van der Waals surface area contributed by atoms with E-state index < -0.39 is 21.3 Å². The van der Waals surface area contributed by atoms with Crippen molar-refractivity contribution in [1.82, 2.24) is 9.97 Å². The normalized spacial score (nSPS) is 14.9. The Labute approximate surface area is 238 Å². The second kappa shape index (κ2) is 13.0. The first-order valence-electron chi connectivity index (χ1n) is 13.1. The van der Waals surface area contributed by atoms with Gasteiger partial charge >= 0.3 is 0 Å². The van der Waals surface area contributed by atoms with Crippen LogP contribution in [0.5, 0.6) is 5.88 Å². The number of benzene rings is 1. The number of anilines is 1. The average molecular weight is 590 g/mol. The van der Waals surface area contributed by atoms with E-state index >= 15 is 0 Å². The second-order valence-corrected chi connectivity index (χ2v) is 13.5. The molecule has 0 saturated heterocycles. The standard InChI is InChI=1S/C27H35N5O6S2/c1-27(2,28)17-37-22-14-13-21-25(30-22)39-26(29-21)31-24(33)23(32-38-19-7-4-5-8-19)18-9-11-20(12-10-18)40(34,35)16-6-15-36-3/h9-14,19H,4-8,15-17,28H2,1-3H3,(H,29,31,33)/b32-23+. The summed E-state index contributed by atoms with van der Waals surface area (Å²) in [5.41, 5.74) is 6.52. The third kappa shape index (κ3) is 8.19. The summed E-state index contributed by atoms with van der Waals surface area (Å²) in [7, 11) is -1.95. The van der Waals surface area contributed by atoms with Gasteiger partial charge in [-0.15, -0.1) is 0 Å². The summed E-state index contributed by atoms with van der Waals surface area (Å²) in [4.78, 5) is 28.8. The molecular weight excluding hydrogens is 554 g/mol. The van der Waals surface area contributed by atoms with Crippen LogP contribution in [0, 0.1) is 0 Å². The van der Waals surface area contributed by atoms with Crippen LogP contribution in [-0.4, -0.2) is 67.7 Å². The SMILES string of the molecule is COCCCS(=O)(=O)c1ccc(/C(=N\OC2CCCC2)C(=O)Nc2nc3ccc(OCC(C)(C)N)nc3s2)cc1. The van der Waals surface area contributed by atoms with Gasteiger partial charge in [0.15, 0.2) is 20.7 Å². The molecule has 11 nitrogen and oxygen atoms in total. The highest BCUT2D eigenvalue weighted by Crippen LogP contribution is 2.27. The number of thiazole rings is 1. The van der Waals surface area contributed by atoms with Gasteiger partial charge in [0.25, 0.3) is 5.91 Å². The number of carbonyl (C=O) groups is 1. The number of carbonyl (C=O) groups excluding carboxylic acids is 1. The van der Waals surface area contributed by atoms with Crippen molar-refractivity contribution in [2.75, 3.05) is 31.4 Å². The fraction of sp³-hybridized carbons (Fsp3) is 0.481. The lowest BCUT2D eigenvalue weighted by Gasteiger charge is -2.18. The number of nitrogens with two attached hydrogens (primary N) is 1. The largest absolute Gasteiger partial charge is 0.476 e. The van der Waals surface area contributed by atoms with Crippen LogP contribution in [0.25, 0.3) is 10.3 Å². The number of fused-ring (bicyclic) bond motifs is 1. The molecule has 0 radical (unpaired) electrons. The van der Waals surface area contributed by atoms with Crippen molar-refractivity contribution in [2.45, 2.75) is 62.5 Å². The van der Waals surface area contributed by atoms with Gasteiger partial charge in [-0.1, -0.05) is 28.6 Å². The summed E-state index contributed by atoms with van der Waals surface area (Å²) < 4.78 is 35.9. The Bertz CT molecular complexity index is 1440. The van der Waals surface area contributed by atoms with Gasteiger partial charge in [-0.05, 0) is 64.2 Å². The number of nitrogens with zero attached hydrogens (tertiary/aromatic N) is 3. The highest BCUT2D eigenvalue weighted by Gasteiger charge is 2.22. The average Bonchev–Trinajstić information content (AvgIpc) is 3.57. The van der Waals surface area contributed by atoms with Crippen molar-refractivity contribution in [2.24, 2.45) is 10.9 Å². The molecule has 0 unspecified atom stereocenters. The van der Waals surface area contributed by atoms with Gasteiger partial charge in [-0.3, -0.25) is 10.1 Å². The molecule has 2 aromatic heterocycles. The van der Waals surface area contributed by atoms with Gasteiger partial charge in [0, 0.05) is 30.9 Å². The number of hydrogen-bond donors (Lipinski definition) is 2. The summed E-state index contributed by atoms with van der Waals surface area (Å²) in [6, 6.07) is 9.53. The summed E-state index contributed by atoms with van der Waals surface area (Å²) in [6.45, 7) is 4.37. The zero-order chi connectivity index (χ0) is 28.8. The number of sulfone groups is 1. The van der Waals surface area contributed by atoms with Crippen molar-refractivity contribution in [3.63, 3.8) is 0 Å². The lowest BCUT2D eigenvalue weighted by molar-refractivity contribution is -0.110. The maximum absolute atomic E-state index is 13.4. The molecule has 40 heavy (non-hydrogen) atoms. The number of methoxy groups -OCH3 is 1. The molecule has 1 fully saturated rings. The minimum Gasteiger partial charge on any atom is -0.476 e. The van der Waals surface area contributed by atoms with Gasteiger partial charge < -0.3 is 20.0 Å². The van der Waals surface area contributed by atoms with Crippen LogP contribution in [0.2, 0.25) is 0 Å². The van der Waals surface area contributed by atoms with Gasteiger partial charge in [0.1, 0.15) is 23.1 Å². The van der Waals surface area contributed by atoms with E-state index in [2.05, 4.69) is 20.4 Å². The fourth-order valence-electron chi connectivity index (χ4n) is 4.03. The number of ether oxygens (including phenoxy) is 2. The highest BCUT2D eigenvalue weighted by atomic mass is 32.2. The molecule has 13 heteroatoms. The Balaban J connectivity index is 1.53. The number of nitrogens with one attached hydrogen (secondary N) is 1. The van der Waals surface area contributed by atoms with Gasteiger partial charge in [-0.25, -0.2) is 18.4 Å². The molecule has 0 bridgehead atoms. The number of amides is 1. The highest BCUT2D eigenvalue weighted by molar-refractivity contribution is 7.91. The van der Waals surface area contributed by atoms with Crippen LogP contribution in [0.15, 0.2) is 46.4 Å². The van der Waals surface area contributed by atoms with E-state index in [-0.39, 0.29) is 22.5 Å². The smallest absolute Gasteiger partial charge is 0.280 e. The molecule has 1 saturated carbocycles. The van der Waals surface area contributed by atoms with E-state index in [4.69, 9.17) is 20.0 Å². The van der Waals surface area contributed by atoms with Crippen LogP contribution >= 0.6 is 11.3 Å². The Kier molecular flexibility index (Phi) is 9.72. The molecule has 0 spiro atoms. The maximum Gasteiger partial charge on any atom is 0.280 e. The van der Waals surface area contributed by atoms with E-state index in [9.17, 15) is 13.2 Å². The van der Waals surface area contributed by atoms with Gasteiger partial charge in [0.2, 0.25) is 5.88 Å². The molecule has 1 aliphatic carbocycles. The minimum absolute atomic E-state index is 0.0247. The first kappa shape index (κ1) is 29.8. The van der Waals surface area contributed by atoms with Crippen LogP contribution in [0.4, 0.5) is 5.13 Å². The molecule has 2 heterocycles. The topological polar surface area (TPSA) is 155 Å². The van der Waals surface area contributed by atoms with Crippen molar-refractivity contribution < 1.29 is 27.5 Å². The van der Waals surface area contributed by atoms with Crippen LogP contribution < -0.4 is 15.8 Å². The lowest BCUT2D eigenvalue weighted by atomic mass is 10.1. The molecular formula is C27H35N5O6S2.